The highest BCUT2D eigenvalue weighted by molar-refractivity contribution is 7.10. The molecule has 0 fully saturated rings. The summed E-state index contributed by atoms with van der Waals surface area (Å²) in [6.45, 7) is 27.3. The minimum Gasteiger partial charge on any atom is -0.434 e. The van der Waals surface area contributed by atoms with E-state index in [4.69, 9.17) is 70.1 Å². The Morgan fingerprint density at radius 2 is 0.854 bits per heavy atom. The molecule has 0 bridgehead atoms. The highest BCUT2D eigenvalue weighted by Crippen LogP contribution is 2.39. The topological polar surface area (TPSA) is 261 Å². The van der Waals surface area contributed by atoms with E-state index < -0.39 is 18.3 Å². The van der Waals surface area contributed by atoms with Crippen LogP contribution in [0.15, 0.2) is 16.1 Å². The van der Waals surface area contributed by atoms with Crippen LogP contribution in [0.2, 0.25) is 15.5 Å². The largest absolute Gasteiger partial charge is 0.513 e. The lowest BCUT2D eigenvalue weighted by atomic mass is 9.98. The molecule has 0 atom stereocenters. The van der Waals surface area contributed by atoms with Gasteiger partial charge < -0.3 is 23.7 Å². The molecule has 438 valence electrons. The van der Waals surface area contributed by atoms with Crippen molar-refractivity contribution in [2.75, 3.05) is 19.1 Å². The molecule has 0 saturated carbocycles. The minimum absolute atomic E-state index is 0.00496. The number of aromatic nitrogens is 9. The Morgan fingerprint density at radius 1 is 0.549 bits per heavy atom. The van der Waals surface area contributed by atoms with E-state index in [1.807, 2.05) is 69.2 Å². The van der Waals surface area contributed by atoms with Crippen LogP contribution in [0.5, 0.6) is 0 Å². The van der Waals surface area contributed by atoms with Crippen molar-refractivity contribution in [3.05, 3.63) is 97.5 Å². The van der Waals surface area contributed by atoms with Crippen molar-refractivity contribution in [2.24, 2.45) is 21.1 Å². The number of nitrogens with zero attached hydrogens (tertiary/aromatic N) is 12. The van der Waals surface area contributed by atoms with Gasteiger partial charge in [0.15, 0.2) is 17.3 Å². The van der Waals surface area contributed by atoms with Crippen LogP contribution in [0.4, 0.5) is 9.59 Å². The quantitative estimate of drug-likeness (QED) is 0.0323. The second kappa shape index (κ2) is 29.1. The van der Waals surface area contributed by atoms with Gasteiger partial charge in [-0.1, -0.05) is 104 Å². The number of esters is 1. The molecule has 82 heavy (non-hydrogen) atoms. The Hall–Kier alpha value is -6.62. The van der Waals surface area contributed by atoms with Crippen molar-refractivity contribution in [1.29, 1.82) is 15.8 Å². The third-order valence-electron chi connectivity index (χ3n) is 10.9. The second-order valence-corrected chi connectivity index (χ2v) is 24.9. The lowest BCUT2D eigenvalue weighted by Gasteiger charge is -2.14. The molecule has 0 amide bonds. The van der Waals surface area contributed by atoms with Gasteiger partial charge in [0, 0.05) is 59.4 Å². The van der Waals surface area contributed by atoms with E-state index in [1.54, 1.807) is 65.0 Å². The first-order valence-corrected chi connectivity index (χ1v) is 29.5. The van der Waals surface area contributed by atoms with E-state index in [1.165, 1.54) is 48.1 Å². The van der Waals surface area contributed by atoms with Crippen molar-refractivity contribution in [2.45, 2.75) is 126 Å². The van der Waals surface area contributed by atoms with E-state index >= 15 is 0 Å². The molecule has 6 aromatic rings. The molecule has 0 saturated heterocycles. The first-order valence-electron chi connectivity index (χ1n) is 25.2. The number of allylic oxidation sites excluding steroid dienone is 3. The average Bonchev–Trinajstić information content (AvgIpc) is 4.39. The summed E-state index contributed by atoms with van der Waals surface area (Å²) >= 11 is 29.0. The molecule has 0 aliphatic rings. The fourth-order valence-corrected chi connectivity index (χ4v) is 10.6. The average molecular weight is 1260 g/mol. The number of nitriles is 3. The van der Waals surface area contributed by atoms with Crippen molar-refractivity contribution in [3.63, 3.8) is 0 Å². The van der Waals surface area contributed by atoms with Gasteiger partial charge in [-0.2, -0.15) is 31.1 Å². The maximum Gasteiger partial charge on any atom is 0.513 e. The number of hydrogen-bond donors (Lipinski definition) is 0. The predicted octanol–water partition coefficient (Wildman–Crippen LogP) is 14.5. The summed E-state index contributed by atoms with van der Waals surface area (Å²) in [5.41, 5.74) is 3.73. The Balaban J connectivity index is 0.000000264. The molecule has 0 aromatic carbocycles. The fraction of sp³-hybridized carbons (Fsp3) is 0.455. The number of carbonyl (C=O) groups is 3. The zero-order chi connectivity index (χ0) is 61.8. The summed E-state index contributed by atoms with van der Waals surface area (Å²) in [6, 6.07) is 6.30. The molecule has 6 rings (SSSR count). The smallest absolute Gasteiger partial charge is 0.434 e. The highest BCUT2D eigenvalue weighted by atomic mass is 35.5. The van der Waals surface area contributed by atoms with E-state index in [-0.39, 0.29) is 91.2 Å². The number of ether oxygens (including phenoxy) is 5. The van der Waals surface area contributed by atoms with Crippen LogP contribution in [0.1, 0.15) is 155 Å². The van der Waals surface area contributed by atoms with E-state index in [9.17, 15) is 30.2 Å². The first-order chi connectivity index (χ1) is 38.3. The molecule has 6 aromatic heterocycles. The van der Waals surface area contributed by atoms with Gasteiger partial charge in [0.2, 0.25) is 0 Å². The summed E-state index contributed by atoms with van der Waals surface area (Å²) in [7, 11) is 5.00. The maximum absolute atomic E-state index is 12.2. The summed E-state index contributed by atoms with van der Waals surface area (Å²) in [5, 5.41) is 50.8. The number of thiazole rings is 3. The Bertz CT molecular complexity index is 3390. The van der Waals surface area contributed by atoms with Crippen LogP contribution >= 0.6 is 80.4 Å². The van der Waals surface area contributed by atoms with Crippen molar-refractivity contribution in [3.8, 4) is 18.2 Å². The zero-order valence-corrected chi connectivity index (χ0v) is 54.1. The molecular weight excluding hydrogens is 1190 g/mol. The summed E-state index contributed by atoms with van der Waals surface area (Å²) < 4.78 is 30.6. The second-order valence-electron chi connectivity index (χ2n) is 20.8. The molecule has 0 aliphatic carbocycles. The lowest BCUT2D eigenvalue weighted by Crippen LogP contribution is -2.11. The molecule has 0 spiro atoms. The number of rotatable bonds is 14. The van der Waals surface area contributed by atoms with Gasteiger partial charge in [-0.15, -0.1) is 45.6 Å². The highest BCUT2D eigenvalue weighted by Gasteiger charge is 2.31. The van der Waals surface area contributed by atoms with Gasteiger partial charge in [0.1, 0.15) is 50.4 Å². The predicted molar refractivity (Wildman–Crippen MR) is 321 cm³/mol. The molecular formula is C55H64Cl4N12O8S3. The number of hydrogen-bond acceptors (Lipinski definition) is 20. The summed E-state index contributed by atoms with van der Waals surface area (Å²) in [5.74, 6) is -0.423. The zero-order valence-electron chi connectivity index (χ0n) is 48.6. The van der Waals surface area contributed by atoms with Crippen LogP contribution < -0.4 is 0 Å². The molecule has 0 aliphatic heterocycles. The van der Waals surface area contributed by atoms with E-state index in [0.29, 0.717) is 57.3 Å². The van der Waals surface area contributed by atoms with Gasteiger partial charge in [-0.05, 0) is 34.1 Å². The number of alkyl halides is 1. The van der Waals surface area contributed by atoms with Crippen LogP contribution in [0.25, 0.3) is 34.0 Å². The van der Waals surface area contributed by atoms with Gasteiger partial charge in [0.05, 0.1) is 85.5 Å². The van der Waals surface area contributed by atoms with Crippen LogP contribution in [0, 0.1) is 54.8 Å². The van der Waals surface area contributed by atoms with Crippen LogP contribution in [0.3, 0.4) is 0 Å². The third kappa shape index (κ3) is 17.0. The monoisotopic (exact) mass is 1260 g/mol. The van der Waals surface area contributed by atoms with E-state index in [2.05, 4.69) is 48.5 Å². The van der Waals surface area contributed by atoms with Gasteiger partial charge in [0.25, 0.3) is 0 Å². The Morgan fingerprint density at radius 3 is 1.09 bits per heavy atom. The van der Waals surface area contributed by atoms with E-state index in [0.717, 1.165) is 15.0 Å². The molecule has 6 heterocycles. The minimum atomic E-state index is -0.925. The molecule has 0 unspecified atom stereocenters. The third-order valence-corrected chi connectivity index (χ3v) is 16.2. The molecule has 20 nitrogen and oxygen atoms in total. The van der Waals surface area contributed by atoms with Crippen LogP contribution in [-0.2, 0) is 65.9 Å². The van der Waals surface area contributed by atoms with Crippen molar-refractivity contribution in [1.82, 2.24) is 44.3 Å². The SMILES string of the molecule is CCCOC(=O)OC(=C(C#N)c1csc(C(C)(C)C)n1)c1c(C)nn(C)c1Cl.CCOC(=O)OC(=C(C#N)c1csc(C(C)(C)C)n1)c1c(C)nn(C)c1Cl.Cc1nn(C)c(Cl)c1C(OC(=O)CCCl)=C(C#N)c1csc(C(C)(C)C)n1. The van der Waals surface area contributed by atoms with Crippen molar-refractivity contribution < 1.29 is 38.1 Å². The molecule has 27 heteroatoms. The maximum atomic E-state index is 12.2. The summed E-state index contributed by atoms with van der Waals surface area (Å²) in [4.78, 5) is 50.0. The van der Waals surface area contributed by atoms with Gasteiger partial charge >= 0.3 is 18.3 Å². The Kier molecular flexibility index (Phi) is 24.1. The Labute approximate surface area is 509 Å². The first kappa shape index (κ1) is 67.9. The molecule has 0 N–H and O–H groups in total. The van der Waals surface area contributed by atoms with Crippen LogP contribution in [-0.4, -0.2) is 81.7 Å². The number of halogens is 4. The number of carbonyl (C=O) groups excluding carboxylic acids is 3. The fourth-order valence-electron chi connectivity index (χ4n) is 6.99. The van der Waals surface area contributed by atoms with Crippen molar-refractivity contribution >= 4 is 133 Å². The lowest BCUT2D eigenvalue weighted by molar-refractivity contribution is -0.136. The summed E-state index contributed by atoms with van der Waals surface area (Å²) in [6.07, 6.45) is -1.18. The standard InChI is InChI=1S/C19H23ClN4O3S.C18H20Cl2N4O2S.C18H21ClN4O3S/c1-7-8-26-18(25)27-15(14-11(2)23-24(6)16(14)20)12(9-21)13-10-28-17(22-13)19(3,4)5;1-10-14(16(20)24(5)23-10)15(26-13(25)6-7-19)11(8-21)12-9-27-17(22-12)18(2,3)4;1-7-25-17(24)26-14(13-10(2)22-23(6)15(13)19)11(8-20)12-9-27-16(21-12)18(3,4)5/h10H,7-8H2,1-6H3;9H,6-7H2,1-5H3;9H,7H2,1-6H3. The molecule has 0 radical (unpaired) electrons. The number of aryl methyl sites for hydroxylation is 6. The van der Waals surface area contributed by atoms with Gasteiger partial charge in [-0.3, -0.25) is 18.8 Å². The normalized spacial score (nSPS) is 12.4. The van der Waals surface area contributed by atoms with Gasteiger partial charge in [-0.25, -0.2) is 24.5 Å².